The van der Waals surface area contributed by atoms with Gasteiger partial charge >= 0.3 is 5.97 Å². The summed E-state index contributed by atoms with van der Waals surface area (Å²) in [7, 11) is 0. The van der Waals surface area contributed by atoms with Gasteiger partial charge in [-0.1, -0.05) is 36.4 Å². The summed E-state index contributed by atoms with van der Waals surface area (Å²) >= 11 is 0. The van der Waals surface area contributed by atoms with E-state index in [0.29, 0.717) is 0 Å². The molecule has 23 heavy (non-hydrogen) atoms. The van der Waals surface area contributed by atoms with Crippen molar-refractivity contribution in [1.29, 1.82) is 0 Å². The van der Waals surface area contributed by atoms with Crippen molar-refractivity contribution in [3.63, 3.8) is 0 Å². The number of hydrogen-bond acceptors (Lipinski definition) is 3. The zero-order valence-electron chi connectivity index (χ0n) is 13.6. The van der Waals surface area contributed by atoms with Crippen molar-refractivity contribution in [3.05, 3.63) is 71.0 Å². The van der Waals surface area contributed by atoms with E-state index in [1.807, 2.05) is 44.2 Å². The van der Waals surface area contributed by atoms with Crippen LogP contribution in [0.3, 0.4) is 0 Å². The fourth-order valence-corrected chi connectivity index (χ4v) is 2.71. The van der Waals surface area contributed by atoms with Gasteiger partial charge in [0.15, 0.2) is 0 Å². The van der Waals surface area contributed by atoms with E-state index >= 15 is 0 Å². The summed E-state index contributed by atoms with van der Waals surface area (Å²) in [5, 5.41) is 0. The number of nitrogens with two attached hydrogens (primary N) is 1. The fraction of sp³-hybridized carbons (Fsp3) is 0.316. The number of hydrogen-bond donors (Lipinski definition) is 1. The summed E-state index contributed by atoms with van der Waals surface area (Å²) in [5.74, 6) is -0.906. The van der Waals surface area contributed by atoms with E-state index in [0.717, 1.165) is 16.7 Å². The number of benzene rings is 2. The summed E-state index contributed by atoms with van der Waals surface area (Å²) < 4.78 is 18.9. The van der Waals surface area contributed by atoms with Crippen LogP contribution in [0, 0.1) is 12.7 Å². The van der Waals surface area contributed by atoms with Crippen molar-refractivity contribution in [2.24, 2.45) is 5.73 Å². The Bertz CT molecular complexity index is 670. The molecular formula is C19H22FNO2. The predicted molar refractivity (Wildman–Crippen MR) is 88.6 cm³/mol. The van der Waals surface area contributed by atoms with E-state index in [1.165, 1.54) is 12.1 Å². The predicted octanol–water partition coefficient (Wildman–Crippen LogP) is 3.54. The van der Waals surface area contributed by atoms with Gasteiger partial charge in [0.05, 0.1) is 0 Å². The van der Waals surface area contributed by atoms with E-state index in [2.05, 4.69) is 0 Å². The van der Waals surface area contributed by atoms with Crippen LogP contribution in [0.5, 0.6) is 0 Å². The van der Waals surface area contributed by atoms with Gasteiger partial charge in [-0.2, -0.15) is 0 Å². The molecular weight excluding hydrogens is 293 g/mol. The lowest BCUT2D eigenvalue weighted by atomic mass is 9.85. The lowest BCUT2D eigenvalue weighted by Gasteiger charge is -2.27. The number of halogens is 1. The Hall–Kier alpha value is -2.20. The molecule has 0 aliphatic heterocycles. The lowest BCUT2D eigenvalue weighted by Crippen LogP contribution is -2.34. The molecule has 0 amide bonds. The average Bonchev–Trinajstić information content (AvgIpc) is 2.50. The average molecular weight is 315 g/mol. The summed E-state index contributed by atoms with van der Waals surface area (Å²) in [6.07, 6.45) is -0.417. The molecule has 3 atom stereocenters. The monoisotopic (exact) mass is 315 g/mol. The van der Waals surface area contributed by atoms with Gasteiger partial charge in [-0.15, -0.1) is 0 Å². The van der Waals surface area contributed by atoms with Gasteiger partial charge in [0.25, 0.3) is 0 Å². The number of rotatable bonds is 5. The SMILES string of the molecule is Cc1cc(F)ccc1[C@H](c1ccccc1)[C@H](C)OC(=O)[C@H](C)N. The quantitative estimate of drug-likeness (QED) is 0.859. The van der Waals surface area contributed by atoms with Crippen LogP contribution >= 0.6 is 0 Å². The molecule has 0 heterocycles. The highest BCUT2D eigenvalue weighted by atomic mass is 19.1. The first-order valence-corrected chi connectivity index (χ1v) is 7.67. The van der Waals surface area contributed by atoms with Gasteiger partial charge in [-0.25, -0.2) is 4.39 Å². The van der Waals surface area contributed by atoms with Crippen molar-refractivity contribution in [3.8, 4) is 0 Å². The highest BCUT2D eigenvalue weighted by molar-refractivity contribution is 5.75. The third-order valence-corrected chi connectivity index (χ3v) is 3.87. The molecule has 0 saturated carbocycles. The normalized spacial score (nSPS) is 14.8. The van der Waals surface area contributed by atoms with Crippen LogP contribution < -0.4 is 5.73 Å². The Balaban J connectivity index is 2.42. The maximum absolute atomic E-state index is 13.4. The Morgan fingerprint density at radius 3 is 2.35 bits per heavy atom. The van der Waals surface area contributed by atoms with Crippen LogP contribution in [-0.4, -0.2) is 18.1 Å². The topological polar surface area (TPSA) is 52.3 Å². The summed E-state index contributed by atoms with van der Waals surface area (Å²) in [5.41, 5.74) is 8.35. The van der Waals surface area contributed by atoms with Crippen LogP contribution in [-0.2, 0) is 9.53 Å². The fourth-order valence-electron chi connectivity index (χ4n) is 2.71. The maximum atomic E-state index is 13.4. The molecule has 2 rings (SSSR count). The molecule has 0 fully saturated rings. The van der Waals surface area contributed by atoms with Crippen LogP contribution in [0.25, 0.3) is 0 Å². The number of esters is 1. The second-order valence-electron chi connectivity index (χ2n) is 5.82. The van der Waals surface area contributed by atoms with E-state index in [1.54, 1.807) is 13.0 Å². The van der Waals surface area contributed by atoms with E-state index in [4.69, 9.17) is 10.5 Å². The largest absolute Gasteiger partial charge is 0.461 e. The van der Waals surface area contributed by atoms with Gasteiger partial charge in [0.2, 0.25) is 0 Å². The third kappa shape index (κ3) is 4.17. The Morgan fingerprint density at radius 2 is 1.78 bits per heavy atom. The van der Waals surface area contributed by atoms with E-state index in [-0.39, 0.29) is 11.7 Å². The van der Waals surface area contributed by atoms with Gasteiger partial charge in [0.1, 0.15) is 18.0 Å². The van der Waals surface area contributed by atoms with Crippen molar-refractivity contribution >= 4 is 5.97 Å². The standard InChI is InChI=1S/C19H22FNO2/c1-12-11-16(20)9-10-17(12)18(15-7-5-4-6-8-15)14(3)23-19(22)13(2)21/h4-11,13-14,18H,21H2,1-3H3/t13-,14-,18-/m0/s1. The van der Waals surface area contributed by atoms with Gasteiger partial charge in [0, 0.05) is 5.92 Å². The molecule has 0 radical (unpaired) electrons. The Labute approximate surface area is 136 Å². The molecule has 0 spiro atoms. The number of carbonyl (C=O) groups excluding carboxylic acids is 1. The van der Waals surface area contributed by atoms with Crippen LogP contribution in [0.2, 0.25) is 0 Å². The first kappa shape index (κ1) is 17.2. The minimum Gasteiger partial charge on any atom is -0.461 e. The highest BCUT2D eigenvalue weighted by Gasteiger charge is 2.27. The second kappa shape index (κ2) is 7.38. The smallest absolute Gasteiger partial charge is 0.322 e. The van der Waals surface area contributed by atoms with Crippen LogP contribution in [0.15, 0.2) is 48.5 Å². The molecule has 0 aromatic heterocycles. The number of ether oxygens (including phenoxy) is 1. The molecule has 0 saturated heterocycles. The van der Waals surface area contributed by atoms with E-state index < -0.39 is 18.1 Å². The highest BCUT2D eigenvalue weighted by Crippen LogP contribution is 2.32. The minimum absolute atomic E-state index is 0.181. The molecule has 0 unspecified atom stereocenters. The van der Waals surface area contributed by atoms with Gasteiger partial charge < -0.3 is 10.5 Å². The second-order valence-corrected chi connectivity index (χ2v) is 5.82. The molecule has 2 aromatic rings. The van der Waals surface area contributed by atoms with Crippen molar-refractivity contribution in [1.82, 2.24) is 0 Å². The van der Waals surface area contributed by atoms with Crippen LogP contribution in [0.4, 0.5) is 4.39 Å². The Kier molecular flexibility index (Phi) is 5.50. The maximum Gasteiger partial charge on any atom is 0.322 e. The summed E-state index contributed by atoms with van der Waals surface area (Å²) in [4.78, 5) is 11.9. The molecule has 0 aliphatic rings. The lowest BCUT2D eigenvalue weighted by molar-refractivity contribution is -0.149. The first-order valence-electron chi connectivity index (χ1n) is 7.67. The van der Waals surface area contributed by atoms with Gasteiger partial charge in [-0.3, -0.25) is 4.79 Å². The zero-order valence-corrected chi connectivity index (χ0v) is 13.6. The molecule has 0 aliphatic carbocycles. The molecule has 4 heteroatoms. The summed E-state index contributed by atoms with van der Waals surface area (Å²) in [6, 6.07) is 13.7. The van der Waals surface area contributed by atoms with Crippen molar-refractivity contribution < 1.29 is 13.9 Å². The molecule has 2 N–H and O–H groups in total. The summed E-state index contributed by atoms with van der Waals surface area (Å²) in [6.45, 7) is 5.28. The minimum atomic E-state index is -0.678. The van der Waals surface area contributed by atoms with Crippen LogP contribution in [0.1, 0.15) is 36.5 Å². The molecule has 0 bridgehead atoms. The molecule has 3 nitrogen and oxygen atoms in total. The van der Waals surface area contributed by atoms with Crippen molar-refractivity contribution in [2.75, 3.05) is 0 Å². The number of aryl methyl sites for hydroxylation is 1. The van der Waals surface area contributed by atoms with Gasteiger partial charge in [-0.05, 0) is 49.6 Å². The zero-order chi connectivity index (χ0) is 17.0. The molecule has 2 aromatic carbocycles. The number of carbonyl (C=O) groups is 1. The third-order valence-electron chi connectivity index (χ3n) is 3.87. The molecule has 122 valence electrons. The Morgan fingerprint density at radius 1 is 1.13 bits per heavy atom. The van der Waals surface area contributed by atoms with Crippen molar-refractivity contribution in [2.45, 2.75) is 38.8 Å². The first-order chi connectivity index (χ1) is 10.9. The van der Waals surface area contributed by atoms with E-state index in [9.17, 15) is 9.18 Å².